The van der Waals surface area contributed by atoms with Crippen LogP contribution in [0.15, 0.2) is 11.4 Å². The molecule has 21 heavy (non-hydrogen) atoms. The first-order valence-corrected chi connectivity index (χ1v) is 8.37. The second-order valence-electron chi connectivity index (χ2n) is 5.45. The molecule has 0 amide bonds. The molecule has 1 heterocycles. The highest BCUT2D eigenvalue weighted by Gasteiger charge is 2.44. The number of hydrogen-bond acceptors (Lipinski definition) is 5. The average Bonchev–Trinajstić information content (AvgIpc) is 2.85. The number of carbonyl (C=O) groups excluding carboxylic acids is 2. The Balaban J connectivity index is 2.06. The first-order valence-electron chi connectivity index (χ1n) is 7.49. The van der Waals surface area contributed by atoms with Crippen LogP contribution in [-0.2, 0) is 25.5 Å². The van der Waals surface area contributed by atoms with Gasteiger partial charge in [0.2, 0.25) is 5.60 Å². The average molecular weight is 310 g/mol. The van der Waals surface area contributed by atoms with Crippen molar-refractivity contribution in [3.8, 4) is 0 Å². The lowest BCUT2D eigenvalue weighted by molar-refractivity contribution is -0.186. The topological polar surface area (TPSA) is 52.6 Å². The van der Waals surface area contributed by atoms with E-state index in [0.717, 1.165) is 29.7 Å². The molecule has 1 aliphatic carbocycles. The van der Waals surface area contributed by atoms with E-state index in [-0.39, 0.29) is 18.4 Å². The molecule has 0 saturated heterocycles. The zero-order valence-electron chi connectivity index (χ0n) is 12.6. The monoisotopic (exact) mass is 310 g/mol. The first-order chi connectivity index (χ1) is 10.1. The van der Waals surface area contributed by atoms with E-state index in [4.69, 9.17) is 9.47 Å². The molecule has 2 rings (SSSR count). The quantitative estimate of drug-likeness (QED) is 0.782. The van der Waals surface area contributed by atoms with Crippen molar-refractivity contribution in [1.29, 1.82) is 0 Å². The molecule has 1 aromatic heterocycles. The number of ether oxygens (including phenoxy) is 2. The van der Waals surface area contributed by atoms with Gasteiger partial charge in [-0.3, -0.25) is 4.79 Å². The van der Waals surface area contributed by atoms with E-state index in [2.05, 4.69) is 0 Å². The first kappa shape index (κ1) is 16.0. The Kier molecular flexibility index (Phi) is 5.39. The fraction of sp³-hybridized carbons (Fsp3) is 0.625. The van der Waals surface area contributed by atoms with Gasteiger partial charge in [0, 0.05) is 4.88 Å². The number of thiophene rings is 1. The molecule has 116 valence electrons. The van der Waals surface area contributed by atoms with Crippen LogP contribution in [-0.4, -0.2) is 24.1 Å². The van der Waals surface area contributed by atoms with Crippen molar-refractivity contribution >= 4 is 23.3 Å². The van der Waals surface area contributed by atoms with E-state index in [1.807, 2.05) is 18.4 Å². The molecular formula is C16H22O4S. The Morgan fingerprint density at radius 1 is 1.29 bits per heavy atom. The highest BCUT2D eigenvalue weighted by molar-refractivity contribution is 7.10. The minimum Gasteiger partial charge on any atom is -0.463 e. The van der Waals surface area contributed by atoms with E-state index in [9.17, 15) is 9.59 Å². The minimum absolute atomic E-state index is 0.227. The minimum atomic E-state index is -1.06. The lowest BCUT2D eigenvalue weighted by Crippen LogP contribution is -2.46. The summed E-state index contributed by atoms with van der Waals surface area (Å²) in [4.78, 5) is 25.4. The predicted molar refractivity (Wildman–Crippen MR) is 81.3 cm³/mol. The molecule has 0 N–H and O–H groups in total. The molecule has 1 saturated carbocycles. The van der Waals surface area contributed by atoms with Gasteiger partial charge in [0.25, 0.3) is 0 Å². The van der Waals surface area contributed by atoms with Crippen molar-refractivity contribution in [3.63, 3.8) is 0 Å². The van der Waals surface area contributed by atoms with Crippen molar-refractivity contribution in [2.24, 2.45) is 0 Å². The molecule has 4 nitrogen and oxygen atoms in total. The van der Waals surface area contributed by atoms with Crippen LogP contribution < -0.4 is 0 Å². The molecule has 0 radical (unpaired) electrons. The maximum atomic E-state index is 12.2. The second kappa shape index (κ2) is 7.07. The molecule has 0 aromatic carbocycles. The zero-order valence-corrected chi connectivity index (χ0v) is 13.5. The maximum Gasteiger partial charge on any atom is 0.350 e. The number of hydrogen-bond donors (Lipinski definition) is 0. The molecule has 0 bridgehead atoms. The Morgan fingerprint density at radius 2 is 2.00 bits per heavy atom. The Bertz CT molecular complexity index is 500. The van der Waals surface area contributed by atoms with Gasteiger partial charge in [-0.05, 0) is 56.5 Å². The van der Waals surface area contributed by atoms with E-state index >= 15 is 0 Å². The summed E-state index contributed by atoms with van der Waals surface area (Å²) in [7, 11) is 0. The van der Waals surface area contributed by atoms with Gasteiger partial charge in [-0.15, -0.1) is 11.3 Å². The molecule has 5 heteroatoms. The third-order valence-corrected chi connectivity index (χ3v) is 4.91. The molecule has 1 aliphatic rings. The predicted octanol–water partition coefficient (Wildman–Crippen LogP) is 3.41. The van der Waals surface area contributed by atoms with E-state index in [0.29, 0.717) is 19.4 Å². The number of aryl methyl sites for hydroxylation is 1. The highest BCUT2D eigenvalue weighted by Crippen LogP contribution is 2.33. The van der Waals surface area contributed by atoms with Gasteiger partial charge in [0.15, 0.2) is 0 Å². The van der Waals surface area contributed by atoms with Crippen LogP contribution in [0, 0.1) is 6.92 Å². The van der Waals surface area contributed by atoms with Gasteiger partial charge >= 0.3 is 11.9 Å². The van der Waals surface area contributed by atoms with Crippen molar-refractivity contribution in [3.05, 3.63) is 21.9 Å². The molecule has 0 aliphatic heterocycles. The Labute approximate surface area is 129 Å². The van der Waals surface area contributed by atoms with Gasteiger partial charge in [-0.1, -0.05) is 6.42 Å². The highest BCUT2D eigenvalue weighted by atomic mass is 32.1. The number of rotatable bonds is 5. The van der Waals surface area contributed by atoms with E-state index < -0.39 is 5.60 Å². The summed E-state index contributed by atoms with van der Waals surface area (Å²) in [6.45, 7) is 4.05. The molecule has 0 unspecified atom stereocenters. The van der Waals surface area contributed by atoms with Gasteiger partial charge in [0.05, 0.1) is 13.0 Å². The summed E-state index contributed by atoms with van der Waals surface area (Å²) in [5, 5.41) is 1.96. The fourth-order valence-corrected chi connectivity index (χ4v) is 3.60. The molecule has 1 fully saturated rings. The largest absolute Gasteiger partial charge is 0.463 e. The third-order valence-electron chi connectivity index (χ3n) is 3.89. The van der Waals surface area contributed by atoms with Crippen LogP contribution >= 0.6 is 11.3 Å². The van der Waals surface area contributed by atoms with Crippen LogP contribution in [0.3, 0.4) is 0 Å². The van der Waals surface area contributed by atoms with Crippen molar-refractivity contribution < 1.29 is 19.1 Å². The number of carbonyl (C=O) groups is 2. The summed E-state index contributed by atoms with van der Waals surface area (Å²) in [6, 6.07) is 1.98. The molecule has 0 spiro atoms. The molecule has 1 aromatic rings. The normalized spacial score (nSPS) is 17.2. The van der Waals surface area contributed by atoms with E-state index in [1.54, 1.807) is 18.3 Å². The zero-order chi connectivity index (χ0) is 15.3. The number of esters is 2. The van der Waals surface area contributed by atoms with Crippen LogP contribution in [0.25, 0.3) is 0 Å². The second-order valence-corrected chi connectivity index (χ2v) is 6.45. The lowest BCUT2D eigenvalue weighted by Gasteiger charge is -2.34. The van der Waals surface area contributed by atoms with Crippen molar-refractivity contribution in [2.75, 3.05) is 6.61 Å². The van der Waals surface area contributed by atoms with Gasteiger partial charge in [0.1, 0.15) is 0 Å². The van der Waals surface area contributed by atoms with Crippen LogP contribution in [0.1, 0.15) is 49.5 Å². The van der Waals surface area contributed by atoms with Gasteiger partial charge < -0.3 is 9.47 Å². The maximum absolute atomic E-state index is 12.2. The van der Waals surface area contributed by atoms with Crippen molar-refractivity contribution in [1.82, 2.24) is 0 Å². The third kappa shape index (κ3) is 3.84. The molecule has 0 atom stereocenters. The van der Waals surface area contributed by atoms with E-state index in [1.165, 1.54) is 0 Å². The van der Waals surface area contributed by atoms with Crippen LogP contribution in [0.4, 0.5) is 0 Å². The SMILES string of the molecule is CCOC(=O)C1(OC(=O)Cc2sccc2C)CCCCC1. The van der Waals surface area contributed by atoms with Gasteiger partial charge in [-0.2, -0.15) is 0 Å². The van der Waals surface area contributed by atoms with Crippen molar-refractivity contribution in [2.45, 2.75) is 58.0 Å². The standard InChI is InChI=1S/C16H22O4S/c1-3-19-15(18)16(8-5-4-6-9-16)20-14(17)11-13-12(2)7-10-21-13/h7,10H,3-6,8-9,11H2,1-2H3. The summed E-state index contributed by atoms with van der Waals surface area (Å²) < 4.78 is 10.7. The smallest absolute Gasteiger partial charge is 0.350 e. The summed E-state index contributed by atoms with van der Waals surface area (Å²) in [6.07, 6.45) is 4.23. The lowest BCUT2D eigenvalue weighted by atomic mass is 9.84. The summed E-state index contributed by atoms with van der Waals surface area (Å²) in [5.41, 5.74) is 0.0297. The van der Waals surface area contributed by atoms with Gasteiger partial charge in [-0.25, -0.2) is 4.79 Å². The Morgan fingerprint density at radius 3 is 2.57 bits per heavy atom. The fourth-order valence-electron chi connectivity index (χ4n) is 2.70. The van der Waals surface area contributed by atoms with Crippen LogP contribution in [0.2, 0.25) is 0 Å². The summed E-state index contributed by atoms with van der Waals surface area (Å²) >= 11 is 1.54. The molecular weight excluding hydrogens is 288 g/mol. The summed E-state index contributed by atoms with van der Waals surface area (Å²) in [5.74, 6) is -0.726. The van der Waals surface area contributed by atoms with Crippen LogP contribution in [0.5, 0.6) is 0 Å². The Hall–Kier alpha value is -1.36.